The van der Waals surface area contributed by atoms with Crippen LogP contribution in [0.5, 0.6) is 0 Å². The minimum atomic E-state index is -4.10. The molecule has 0 aromatic heterocycles. The molecule has 0 aromatic carbocycles. The second-order valence-electron chi connectivity index (χ2n) is 10.3. The van der Waals surface area contributed by atoms with Gasteiger partial charge >= 0.3 is 132 Å². The number of phosphoric ester groups is 1. The Morgan fingerprint density at radius 1 is 0.656 bits per heavy atom. The third-order valence-corrected chi connectivity index (χ3v) is 16.5. The fourth-order valence-electron chi connectivity index (χ4n) is 4.74. The van der Waals surface area contributed by atoms with Crippen LogP contribution in [-0.2, 0) is 13.6 Å². The third kappa shape index (κ3) is 18.1. The Balaban J connectivity index is 1.82. The number of unbranched alkanes of at least 4 members (excludes halogenated alkanes) is 15. The molecule has 1 radical (unpaired) electrons. The van der Waals surface area contributed by atoms with Crippen LogP contribution < -0.4 is 4.89 Å². The van der Waals surface area contributed by atoms with Crippen molar-refractivity contribution in [2.45, 2.75) is 150 Å². The number of hydrogen-bond acceptors (Lipinski definition) is 4. The average Bonchev–Trinajstić information content (AvgIpc) is 2.76. The predicted molar refractivity (Wildman–Crippen MR) is 139 cm³/mol. The molecule has 1 atom stereocenters. The van der Waals surface area contributed by atoms with Crippen molar-refractivity contribution in [3.05, 3.63) is 0 Å². The molecule has 0 saturated carbocycles. The summed E-state index contributed by atoms with van der Waals surface area (Å²) in [5.41, 5.74) is 2.42. The maximum atomic E-state index is 11.9. The molecule has 0 amide bonds. The Hall–Kier alpha value is 0.668. The molecule has 1 aliphatic rings. The molecule has 32 heavy (non-hydrogen) atoms. The first-order chi connectivity index (χ1) is 15.5. The summed E-state index contributed by atoms with van der Waals surface area (Å²) in [6.07, 6.45) is 25.0. The van der Waals surface area contributed by atoms with Gasteiger partial charge in [0.05, 0.1) is 0 Å². The van der Waals surface area contributed by atoms with Crippen LogP contribution in [0.25, 0.3) is 0 Å². The molecular formula is C26H54AsO4P-. The fraction of sp³-hybridized carbons (Fsp3) is 1.00. The topological polar surface area (TPSA) is 58.6 Å². The van der Waals surface area contributed by atoms with Crippen molar-refractivity contribution in [2.24, 2.45) is 0 Å². The summed E-state index contributed by atoms with van der Waals surface area (Å²) in [4.78, 5) is 11.9. The number of hydrogen-bond donors (Lipinski definition) is 0. The van der Waals surface area contributed by atoms with Crippen molar-refractivity contribution in [2.75, 3.05) is 13.2 Å². The van der Waals surface area contributed by atoms with E-state index in [1.165, 1.54) is 120 Å². The van der Waals surface area contributed by atoms with Crippen LogP contribution in [0, 0.1) is 0 Å². The molecule has 0 aromatic rings. The van der Waals surface area contributed by atoms with Gasteiger partial charge in [-0.1, -0.05) is 71.1 Å². The summed E-state index contributed by atoms with van der Waals surface area (Å²) in [5.74, 6) is 0. The minimum absolute atomic E-state index is 0.274. The molecule has 193 valence electrons. The quantitative estimate of drug-likeness (QED) is 0.0787. The molecule has 1 saturated heterocycles. The summed E-state index contributed by atoms with van der Waals surface area (Å²) >= 11 is -1.61. The zero-order valence-corrected chi connectivity index (χ0v) is 24.3. The van der Waals surface area contributed by atoms with Gasteiger partial charge in [0.15, 0.2) is 0 Å². The molecule has 1 unspecified atom stereocenters. The zero-order valence-electron chi connectivity index (χ0n) is 21.5. The Labute approximate surface area is 203 Å². The van der Waals surface area contributed by atoms with Crippen LogP contribution in [0.3, 0.4) is 0 Å². The van der Waals surface area contributed by atoms with E-state index in [1.54, 1.807) is 0 Å². The summed E-state index contributed by atoms with van der Waals surface area (Å²) in [6.45, 7) is 2.89. The number of phosphoric acid groups is 1. The Bertz CT molecular complexity index is 469. The van der Waals surface area contributed by atoms with E-state index in [0.29, 0.717) is 6.61 Å². The molecule has 1 heterocycles. The third-order valence-electron chi connectivity index (χ3n) is 7.02. The van der Waals surface area contributed by atoms with E-state index in [2.05, 4.69) is 12.6 Å². The van der Waals surface area contributed by atoms with Gasteiger partial charge in [0, 0.05) is 0 Å². The second-order valence-corrected chi connectivity index (χ2v) is 21.3. The molecule has 0 N–H and O–H groups in total. The molecule has 0 bridgehead atoms. The number of rotatable bonds is 22. The van der Waals surface area contributed by atoms with E-state index >= 15 is 0 Å². The van der Waals surface area contributed by atoms with E-state index in [1.807, 2.05) is 0 Å². The maximum absolute atomic E-state index is 11.9. The van der Waals surface area contributed by atoms with E-state index in [9.17, 15) is 9.46 Å². The van der Waals surface area contributed by atoms with Crippen molar-refractivity contribution in [1.82, 2.24) is 0 Å². The van der Waals surface area contributed by atoms with Gasteiger partial charge in [-0.25, -0.2) is 0 Å². The van der Waals surface area contributed by atoms with Gasteiger partial charge in [0.25, 0.3) is 0 Å². The normalized spacial score (nSPS) is 18.0. The van der Waals surface area contributed by atoms with Crippen molar-refractivity contribution in [1.29, 1.82) is 0 Å². The molecule has 1 fully saturated rings. The Morgan fingerprint density at radius 2 is 1.06 bits per heavy atom. The first kappa shape index (κ1) is 30.7. The Morgan fingerprint density at radius 3 is 1.53 bits per heavy atom. The summed E-state index contributed by atoms with van der Waals surface area (Å²) in [6, 6.07) is 0. The van der Waals surface area contributed by atoms with Crippen LogP contribution in [0.2, 0.25) is 21.3 Å². The predicted octanol–water partition coefficient (Wildman–Crippen LogP) is 9.01. The van der Waals surface area contributed by atoms with Crippen LogP contribution in [-0.4, -0.2) is 26.8 Å². The SMILES string of the molecule is CCCCCCCCCCCCCCCCCCOP(=O)([O-])OCC[As]1(C)CCCCC1. The summed E-state index contributed by atoms with van der Waals surface area (Å²) in [7, 11) is -4.10. The van der Waals surface area contributed by atoms with E-state index in [-0.39, 0.29) is 6.61 Å². The van der Waals surface area contributed by atoms with Gasteiger partial charge in [0.1, 0.15) is 0 Å². The first-order valence-corrected chi connectivity index (χ1v) is 21.2. The Kier molecular flexibility index (Phi) is 19.1. The van der Waals surface area contributed by atoms with E-state index < -0.39 is 21.4 Å². The van der Waals surface area contributed by atoms with Gasteiger partial charge in [-0.2, -0.15) is 0 Å². The van der Waals surface area contributed by atoms with Crippen LogP contribution in [0.15, 0.2) is 0 Å². The van der Waals surface area contributed by atoms with Crippen LogP contribution in [0.1, 0.15) is 129 Å². The van der Waals surface area contributed by atoms with Crippen molar-refractivity contribution < 1.29 is 18.5 Å². The van der Waals surface area contributed by atoms with E-state index in [4.69, 9.17) is 9.05 Å². The zero-order chi connectivity index (χ0) is 23.4. The fourth-order valence-corrected chi connectivity index (χ4v) is 12.5. The van der Waals surface area contributed by atoms with Crippen molar-refractivity contribution in [3.8, 4) is 0 Å². The van der Waals surface area contributed by atoms with E-state index in [0.717, 1.165) is 18.1 Å². The standard InChI is InChI=1S/C26H55AsO4P/c1-3-4-5-6-7-8-9-10-11-12-13-14-15-16-17-21-25-30-32(28,29)31-26-24-27(2)22-19-18-20-23-27/h3-26H2,1-2H3,(H,28,29)/p-1. The van der Waals surface area contributed by atoms with Crippen molar-refractivity contribution >= 4 is 21.4 Å². The van der Waals surface area contributed by atoms with Crippen molar-refractivity contribution in [3.63, 3.8) is 0 Å². The average molecular weight is 537 g/mol. The van der Waals surface area contributed by atoms with Gasteiger partial charge in [0.2, 0.25) is 0 Å². The molecule has 6 heteroatoms. The van der Waals surface area contributed by atoms with Crippen LogP contribution >= 0.6 is 7.82 Å². The molecule has 0 spiro atoms. The molecule has 1 rings (SSSR count). The summed E-state index contributed by atoms with van der Waals surface area (Å²) in [5, 5.41) is 3.68. The molecule has 0 aliphatic carbocycles. The molecule has 4 nitrogen and oxygen atoms in total. The van der Waals surface area contributed by atoms with Gasteiger partial charge in [-0.3, -0.25) is 0 Å². The first-order valence-electron chi connectivity index (χ1n) is 13.9. The molecule has 1 aliphatic heterocycles. The van der Waals surface area contributed by atoms with Gasteiger partial charge in [-0.05, 0) is 0 Å². The summed E-state index contributed by atoms with van der Waals surface area (Å²) < 4.78 is 22.2. The molecular weight excluding hydrogens is 482 g/mol. The monoisotopic (exact) mass is 536 g/mol. The van der Waals surface area contributed by atoms with Gasteiger partial charge < -0.3 is 0 Å². The second kappa shape index (κ2) is 19.9. The van der Waals surface area contributed by atoms with Crippen LogP contribution in [0.4, 0.5) is 0 Å². The van der Waals surface area contributed by atoms with Gasteiger partial charge in [-0.15, -0.1) is 0 Å².